The van der Waals surface area contributed by atoms with Crippen molar-refractivity contribution >= 4 is 11.9 Å². The molecule has 0 bridgehead atoms. The molecular formula is C16H11F3O2. The minimum Gasteiger partial charge on any atom is -0.405 e. The van der Waals surface area contributed by atoms with E-state index in [1.807, 2.05) is 6.07 Å². The lowest BCUT2D eigenvalue weighted by Crippen LogP contribution is -2.18. The summed E-state index contributed by atoms with van der Waals surface area (Å²) in [5, 5.41) is 0. The molecule has 2 aromatic rings. The fourth-order valence-electron chi connectivity index (χ4n) is 1.71. The van der Waals surface area contributed by atoms with Crippen molar-refractivity contribution in [1.29, 1.82) is 0 Å². The van der Waals surface area contributed by atoms with E-state index in [0.29, 0.717) is 0 Å². The van der Waals surface area contributed by atoms with Crippen LogP contribution in [-0.4, -0.2) is 12.1 Å². The fourth-order valence-corrected chi connectivity index (χ4v) is 1.71. The van der Waals surface area contributed by atoms with E-state index in [0.717, 1.165) is 11.6 Å². The molecule has 0 unspecified atom stereocenters. The van der Waals surface area contributed by atoms with Gasteiger partial charge in [0.25, 0.3) is 0 Å². The van der Waals surface area contributed by atoms with E-state index in [4.69, 9.17) is 0 Å². The Hall–Kier alpha value is -2.56. The van der Waals surface area contributed by atoms with Crippen molar-refractivity contribution in [2.24, 2.45) is 0 Å². The van der Waals surface area contributed by atoms with Gasteiger partial charge in [0.1, 0.15) is 5.75 Å². The molecule has 0 saturated heterocycles. The summed E-state index contributed by atoms with van der Waals surface area (Å²) in [5.74, 6) is -1.06. The second-order valence-corrected chi connectivity index (χ2v) is 4.15. The number of benzene rings is 2. The summed E-state index contributed by atoms with van der Waals surface area (Å²) in [5.41, 5.74) is 0.641. The number of hydrogen-bond donors (Lipinski definition) is 0. The average molecular weight is 292 g/mol. The maximum Gasteiger partial charge on any atom is 0.573 e. The minimum atomic E-state index is -4.83. The topological polar surface area (TPSA) is 26.3 Å². The summed E-state index contributed by atoms with van der Waals surface area (Å²) in [7, 11) is 0. The van der Waals surface area contributed by atoms with Crippen LogP contribution in [0.25, 0.3) is 6.08 Å². The number of alkyl halides is 3. The molecule has 0 aliphatic carbocycles. The molecule has 2 rings (SSSR count). The van der Waals surface area contributed by atoms with Crippen molar-refractivity contribution in [3.05, 3.63) is 71.8 Å². The average Bonchev–Trinajstić information content (AvgIpc) is 2.45. The van der Waals surface area contributed by atoms with Gasteiger partial charge in [-0.15, -0.1) is 13.2 Å². The van der Waals surface area contributed by atoms with Gasteiger partial charge in [-0.05, 0) is 23.8 Å². The lowest BCUT2D eigenvalue weighted by Gasteiger charge is -2.11. The van der Waals surface area contributed by atoms with E-state index in [-0.39, 0.29) is 5.56 Å². The Kier molecular flexibility index (Phi) is 4.42. The molecular weight excluding hydrogens is 281 g/mol. The Labute approximate surface area is 119 Å². The Morgan fingerprint density at radius 2 is 1.57 bits per heavy atom. The van der Waals surface area contributed by atoms with Crippen LogP contribution in [0.1, 0.15) is 15.9 Å². The number of carbonyl (C=O) groups is 1. The zero-order valence-electron chi connectivity index (χ0n) is 10.8. The van der Waals surface area contributed by atoms with Gasteiger partial charge in [0.05, 0.1) is 5.56 Å². The molecule has 108 valence electrons. The molecule has 5 heteroatoms. The van der Waals surface area contributed by atoms with Gasteiger partial charge in [0.15, 0.2) is 5.78 Å². The second-order valence-electron chi connectivity index (χ2n) is 4.15. The van der Waals surface area contributed by atoms with E-state index >= 15 is 0 Å². The summed E-state index contributed by atoms with van der Waals surface area (Å²) in [6.07, 6.45) is -2.08. The molecule has 0 heterocycles. The molecule has 0 atom stereocenters. The predicted octanol–water partition coefficient (Wildman–Crippen LogP) is 4.48. The van der Waals surface area contributed by atoms with Crippen LogP contribution in [-0.2, 0) is 0 Å². The van der Waals surface area contributed by atoms with Gasteiger partial charge >= 0.3 is 6.36 Å². The highest BCUT2D eigenvalue weighted by Crippen LogP contribution is 2.26. The predicted molar refractivity (Wildman–Crippen MR) is 72.9 cm³/mol. The van der Waals surface area contributed by atoms with Crippen molar-refractivity contribution < 1.29 is 22.7 Å². The third-order valence-electron chi connectivity index (χ3n) is 2.60. The Bertz CT molecular complexity index is 646. The van der Waals surface area contributed by atoms with Crippen LogP contribution in [0.4, 0.5) is 13.2 Å². The first-order valence-corrected chi connectivity index (χ1v) is 6.08. The highest BCUT2D eigenvalue weighted by Gasteiger charge is 2.32. The van der Waals surface area contributed by atoms with Gasteiger partial charge in [-0.1, -0.05) is 48.5 Å². The van der Waals surface area contributed by atoms with Gasteiger partial charge in [0.2, 0.25) is 0 Å². The number of ether oxygens (including phenoxy) is 1. The molecule has 0 aromatic heterocycles. The van der Waals surface area contributed by atoms with Gasteiger partial charge in [-0.2, -0.15) is 0 Å². The monoisotopic (exact) mass is 292 g/mol. The normalized spacial score (nSPS) is 11.6. The molecule has 0 aliphatic rings. The molecule has 0 saturated carbocycles. The van der Waals surface area contributed by atoms with E-state index in [1.54, 1.807) is 24.3 Å². The maximum absolute atomic E-state index is 12.3. The number of carbonyl (C=O) groups excluding carboxylic acids is 1. The molecule has 2 nitrogen and oxygen atoms in total. The summed E-state index contributed by atoms with van der Waals surface area (Å²) >= 11 is 0. The third kappa shape index (κ3) is 4.49. The van der Waals surface area contributed by atoms with E-state index < -0.39 is 17.9 Å². The highest BCUT2D eigenvalue weighted by atomic mass is 19.4. The summed E-state index contributed by atoms with van der Waals surface area (Å²) in [6, 6.07) is 14.2. The summed E-state index contributed by atoms with van der Waals surface area (Å²) in [4.78, 5) is 12.0. The Balaban J connectivity index is 2.22. The first kappa shape index (κ1) is 14.8. The van der Waals surface area contributed by atoms with Crippen molar-refractivity contribution in [3.8, 4) is 5.75 Å². The molecule has 21 heavy (non-hydrogen) atoms. The van der Waals surface area contributed by atoms with Crippen molar-refractivity contribution in [3.63, 3.8) is 0 Å². The number of hydrogen-bond acceptors (Lipinski definition) is 2. The lowest BCUT2D eigenvalue weighted by molar-refractivity contribution is -0.274. The molecule has 2 aromatic carbocycles. The largest absolute Gasteiger partial charge is 0.573 e. The molecule has 0 fully saturated rings. The number of rotatable bonds is 4. The van der Waals surface area contributed by atoms with E-state index in [1.165, 1.54) is 30.4 Å². The standard InChI is InChI=1S/C16H11F3O2/c17-16(18,19)21-15-9-5-4-8-13(15)14(20)11-10-12-6-2-1-3-7-12/h1-11H/b11-10+. The SMILES string of the molecule is O=C(/C=C/c1ccccc1)c1ccccc1OC(F)(F)F. The quantitative estimate of drug-likeness (QED) is 0.613. The molecule has 0 amide bonds. The van der Waals surface area contributed by atoms with Gasteiger partial charge in [-0.3, -0.25) is 4.79 Å². The van der Waals surface area contributed by atoms with Crippen molar-refractivity contribution in [1.82, 2.24) is 0 Å². The summed E-state index contributed by atoms with van der Waals surface area (Å²) < 4.78 is 40.7. The Morgan fingerprint density at radius 1 is 0.952 bits per heavy atom. The number of para-hydroxylation sites is 1. The zero-order valence-corrected chi connectivity index (χ0v) is 10.8. The van der Waals surface area contributed by atoms with Crippen molar-refractivity contribution in [2.75, 3.05) is 0 Å². The van der Waals surface area contributed by atoms with Gasteiger partial charge < -0.3 is 4.74 Å². The highest BCUT2D eigenvalue weighted by molar-refractivity contribution is 6.08. The van der Waals surface area contributed by atoms with Gasteiger partial charge in [-0.25, -0.2) is 0 Å². The first-order chi connectivity index (χ1) is 9.96. The Morgan fingerprint density at radius 3 is 2.24 bits per heavy atom. The number of ketones is 1. The van der Waals surface area contributed by atoms with Crippen LogP contribution < -0.4 is 4.74 Å². The van der Waals surface area contributed by atoms with Crippen LogP contribution >= 0.6 is 0 Å². The number of halogens is 3. The van der Waals surface area contributed by atoms with Crippen LogP contribution in [0.2, 0.25) is 0 Å². The van der Waals surface area contributed by atoms with Crippen molar-refractivity contribution in [2.45, 2.75) is 6.36 Å². The minimum absolute atomic E-state index is 0.137. The van der Waals surface area contributed by atoms with Crippen LogP contribution in [0.5, 0.6) is 5.75 Å². The lowest BCUT2D eigenvalue weighted by atomic mass is 10.1. The first-order valence-electron chi connectivity index (χ1n) is 6.08. The molecule has 0 aliphatic heterocycles. The van der Waals surface area contributed by atoms with E-state index in [2.05, 4.69) is 4.74 Å². The maximum atomic E-state index is 12.3. The summed E-state index contributed by atoms with van der Waals surface area (Å²) in [6.45, 7) is 0. The molecule has 0 spiro atoms. The van der Waals surface area contributed by atoms with Crippen LogP contribution in [0.3, 0.4) is 0 Å². The van der Waals surface area contributed by atoms with Crippen LogP contribution in [0.15, 0.2) is 60.7 Å². The third-order valence-corrected chi connectivity index (χ3v) is 2.60. The molecule has 0 radical (unpaired) electrons. The molecule has 0 N–H and O–H groups in total. The van der Waals surface area contributed by atoms with E-state index in [9.17, 15) is 18.0 Å². The van der Waals surface area contributed by atoms with Gasteiger partial charge in [0, 0.05) is 0 Å². The zero-order chi connectivity index (χ0) is 15.3. The fraction of sp³-hybridized carbons (Fsp3) is 0.0625. The number of allylic oxidation sites excluding steroid dienone is 1. The van der Waals surface area contributed by atoms with Crippen LogP contribution in [0, 0.1) is 0 Å². The smallest absolute Gasteiger partial charge is 0.405 e. The second kappa shape index (κ2) is 6.26.